The summed E-state index contributed by atoms with van der Waals surface area (Å²) in [5, 5.41) is 3.31. The van der Waals surface area contributed by atoms with Gasteiger partial charge >= 0.3 is 0 Å². The van der Waals surface area contributed by atoms with Gasteiger partial charge in [-0.1, -0.05) is 12.1 Å². The number of nitrogens with zero attached hydrogens (tertiary/aromatic N) is 1. The van der Waals surface area contributed by atoms with E-state index in [9.17, 15) is 0 Å². The van der Waals surface area contributed by atoms with Crippen molar-refractivity contribution in [2.45, 2.75) is 6.54 Å². The van der Waals surface area contributed by atoms with Crippen molar-refractivity contribution in [3.8, 4) is 0 Å². The van der Waals surface area contributed by atoms with Gasteiger partial charge in [-0.3, -0.25) is 4.98 Å². The summed E-state index contributed by atoms with van der Waals surface area (Å²) < 4.78 is 0.957. The van der Waals surface area contributed by atoms with E-state index in [-0.39, 0.29) is 0 Å². The highest BCUT2D eigenvalue weighted by atomic mass is 79.9. The fraction of sp³-hybridized carbons (Fsp3) is 0.0833. The van der Waals surface area contributed by atoms with E-state index in [2.05, 4.69) is 26.2 Å². The highest BCUT2D eigenvalue weighted by molar-refractivity contribution is 9.10. The fourth-order valence-electron chi connectivity index (χ4n) is 1.42. The highest BCUT2D eigenvalue weighted by Crippen LogP contribution is 2.20. The Labute approximate surface area is 103 Å². The number of pyridine rings is 1. The summed E-state index contributed by atoms with van der Waals surface area (Å²) in [6, 6.07) is 9.76. The van der Waals surface area contributed by atoms with Gasteiger partial charge in [0.2, 0.25) is 0 Å². The van der Waals surface area contributed by atoms with Crippen LogP contribution in [0.15, 0.2) is 47.2 Å². The number of anilines is 2. The lowest BCUT2D eigenvalue weighted by Crippen LogP contribution is -2.00. The fourth-order valence-corrected chi connectivity index (χ4v) is 1.81. The molecule has 0 aliphatic carbocycles. The normalized spacial score (nSPS) is 10.1. The van der Waals surface area contributed by atoms with Gasteiger partial charge in [0.1, 0.15) is 0 Å². The molecule has 0 amide bonds. The lowest BCUT2D eigenvalue weighted by atomic mass is 10.2. The molecule has 1 aromatic carbocycles. The number of benzene rings is 1. The number of halogens is 1. The lowest BCUT2D eigenvalue weighted by molar-refractivity contribution is 1.14. The first-order valence-electron chi connectivity index (χ1n) is 4.93. The quantitative estimate of drug-likeness (QED) is 0.848. The van der Waals surface area contributed by atoms with Crippen LogP contribution in [0.3, 0.4) is 0 Å². The Morgan fingerprint density at radius 1 is 1.31 bits per heavy atom. The van der Waals surface area contributed by atoms with Crippen LogP contribution >= 0.6 is 15.9 Å². The van der Waals surface area contributed by atoms with Gasteiger partial charge in [-0.2, -0.15) is 0 Å². The molecule has 2 rings (SSSR count). The third-order valence-corrected chi connectivity index (χ3v) is 2.84. The third kappa shape index (κ3) is 2.73. The molecule has 0 saturated carbocycles. The standard InChI is InChI=1S/C12H12BrN3/c13-11-8-15-5-4-12(11)16-7-9-2-1-3-10(14)6-9/h1-6,8H,7,14H2,(H,15,16). The molecule has 0 saturated heterocycles. The lowest BCUT2D eigenvalue weighted by Gasteiger charge is -2.08. The highest BCUT2D eigenvalue weighted by Gasteiger charge is 1.98. The van der Waals surface area contributed by atoms with Gasteiger partial charge in [0.25, 0.3) is 0 Å². The summed E-state index contributed by atoms with van der Waals surface area (Å²) in [5.74, 6) is 0. The smallest absolute Gasteiger partial charge is 0.0590 e. The maximum Gasteiger partial charge on any atom is 0.0590 e. The summed E-state index contributed by atoms with van der Waals surface area (Å²) in [6.07, 6.45) is 3.52. The van der Waals surface area contributed by atoms with Gasteiger partial charge in [-0.05, 0) is 39.7 Å². The average Bonchev–Trinajstić information content (AvgIpc) is 2.28. The molecule has 0 unspecified atom stereocenters. The molecule has 0 fully saturated rings. The maximum atomic E-state index is 5.71. The molecule has 16 heavy (non-hydrogen) atoms. The first kappa shape index (κ1) is 11.0. The van der Waals surface area contributed by atoms with Crippen molar-refractivity contribution in [3.05, 3.63) is 52.8 Å². The van der Waals surface area contributed by atoms with E-state index in [1.165, 1.54) is 0 Å². The molecule has 0 aliphatic heterocycles. The van der Waals surface area contributed by atoms with Crippen LogP contribution in [0, 0.1) is 0 Å². The molecule has 4 heteroatoms. The number of nitrogens with two attached hydrogens (primary N) is 1. The number of nitrogens with one attached hydrogen (secondary N) is 1. The van der Waals surface area contributed by atoms with Gasteiger partial charge in [-0.15, -0.1) is 0 Å². The maximum absolute atomic E-state index is 5.71. The van der Waals surface area contributed by atoms with Crippen molar-refractivity contribution in [2.24, 2.45) is 0 Å². The molecule has 2 aromatic rings. The second kappa shape index (κ2) is 4.99. The number of nitrogen functional groups attached to an aromatic ring is 1. The first-order chi connectivity index (χ1) is 7.75. The van der Waals surface area contributed by atoms with E-state index in [0.717, 1.165) is 28.0 Å². The average molecular weight is 278 g/mol. The predicted molar refractivity (Wildman–Crippen MR) is 70.1 cm³/mol. The predicted octanol–water partition coefficient (Wildman–Crippen LogP) is 3.04. The number of rotatable bonds is 3. The van der Waals surface area contributed by atoms with Gasteiger partial charge in [0.05, 0.1) is 10.2 Å². The topological polar surface area (TPSA) is 50.9 Å². The van der Waals surface area contributed by atoms with Crippen LogP contribution in [-0.2, 0) is 6.54 Å². The van der Waals surface area contributed by atoms with E-state index in [1.54, 1.807) is 12.4 Å². The van der Waals surface area contributed by atoms with Crippen LogP contribution in [0.5, 0.6) is 0 Å². The molecule has 3 nitrogen and oxygen atoms in total. The second-order valence-electron chi connectivity index (χ2n) is 3.45. The third-order valence-electron chi connectivity index (χ3n) is 2.21. The molecule has 0 radical (unpaired) electrons. The molecular weight excluding hydrogens is 266 g/mol. The molecule has 1 heterocycles. The monoisotopic (exact) mass is 277 g/mol. The Morgan fingerprint density at radius 3 is 2.94 bits per heavy atom. The van der Waals surface area contributed by atoms with Crippen molar-refractivity contribution < 1.29 is 0 Å². The number of aromatic nitrogens is 1. The molecule has 0 bridgehead atoms. The van der Waals surface area contributed by atoms with Gasteiger partial charge < -0.3 is 11.1 Å². The number of hydrogen-bond donors (Lipinski definition) is 2. The van der Waals surface area contributed by atoms with Crippen LogP contribution in [0.2, 0.25) is 0 Å². The SMILES string of the molecule is Nc1cccc(CNc2ccncc2Br)c1. The summed E-state index contributed by atoms with van der Waals surface area (Å²) in [5.41, 5.74) is 8.68. The van der Waals surface area contributed by atoms with Crippen LogP contribution in [-0.4, -0.2) is 4.98 Å². The first-order valence-corrected chi connectivity index (χ1v) is 5.73. The molecule has 1 aromatic heterocycles. The zero-order valence-electron chi connectivity index (χ0n) is 8.65. The minimum Gasteiger partial charge on any atom is -0.399 e. The van der Waals surface area contributed by atoms with Gasteiger partial charge in [0, 0.05) is 24.6 Å². The van der Waals surface area contributed by atoms with Crippen molar-refractivity contribution in [1.29, 1.82) is 0 Å². The van der Waals surface area contributed by atoms with E-state index in [1.807, 2.05) is 30.3 Å². The Hall–Kier alpha value is -1.55. The molecule has 0 atom stereocenters. The zero-order valence-corrected chi connectivity index (χ0v) is 10.2. The van der Waals surface area contributed by atoms with Gasteiger partial charge in [-0.25, -0.2) is 0 Å². The Bertz CT molecular complexity index is 485. The molecular formula is C12H12BrN3. The van der Waals surface area contributed by atoms with Crippen LogP contribution in [0.25, 0.3) is 0 Å². The minimum atomic E-state index is 0.744. The van der Waals surface area contributed by atoms with Gasteiger partial charge in [0.15, 0.2) is 0 Å². The van der Waals surface area contributed by atoms with Crippen LogP contribution in [0.1, 0.15) is 5.56 Å². The van der Waals surface area contributed by atoms with Crippen LogP contribution in [0.4, 0.5) is 11.4 Å². The zero-order chi connectivity index (χ0) is 11.4. The van der Waals surface area contributed by atoms with E-state index in [4.69, 9.17) is 5.73 Å². The van der Waals surface area contributed by atoms with Crippen molar-refractivity contribution >= 4 is 27.3 Å². The molecule has 0 spiro atoms. The van der Waals surface area contributed by atoms with Crippen molar-refractivity contribution in [3.63, 3.8) is 0 Å². The Morgan fingerprint density at radius 2 is 2.19 bits per heavy atom. The summed E-state index contributed by atoms with van der Waals surface area (Å²) in [6.45, 7) is 0.744. The Balaban J connectivity index is 2.05. The minimum absolute atomic E-state index is 0.744. The van der Waals surface area contributed by atoms with E-state index >= 15 is 0 Å². The van der Waals surface area contributed by atoms with E-state index < -0.39 is 0 Å². The van der Waals surface area contributed by atoms with Crippen molar-refractivity contribution in [2.75, 3.05) is 11.1 Å². The number of hydrogen-bond acceptors (Lipinski definition) is 3. The molecule has 82 valence electrons. The van der Waals surface area contributed by atoms with E-state index in [0.29, 0.717) is 0 Å². The molecule has 3 N–H and O–H groups in total. The summed E-state index contributed by atoms with van der Waals surface area (Å²) in [4.78, 5) is 4.01. The Kier molecular flexibility index (Phi) is 3.41. The van der Waals surface area contributed by atoms with Crippen molar-refractivity contribution in [1.82, 2.24) is 4.98 Å². The summed E-state index contributed by atoms with van der Waals surface area (Å²) in [7, 11) is 0. The largest absolute Gasteiger partial charge is 0.399 e. The second-order valence-corrected chi connectivity index (χ2v) is 4.31. The van der Waals surface area contributed by atoms with Crippen LogP contribution < -0.4 is 11.1 Å². The summed E-state index contributed by atoms with van der Waals surface area (Å²) >= 11 is 3.43. The molecule has 0 aliphatic rings.